The minimum Gasteiger partial charge on any atom is -0.361 e. The average Bonchev–Trinajstić information content (AvgIpc) is 3.42. The Hall–Kier alpha value is -2.64. The van der Waals surface area contributed by atoms with Crippen molar-refractivity contribution in [1.29, 1.82) is 0 Å². The summed E-state index contributed by atoms with van der Waals surface area (Å²) in [4.78, 5) is 30.3. The van der Waals surface area contributed by atoms with E-state index >= 15 is 0 Å². The van der Waals surface area contributed by atoms with Crippen LogP contribution in [0.3, 0.4) is 0 Å². The number of para-hydroxylation sites is 1. The molecule has 7 heteroatoms. The van der Waals surface area contributed by atoms with Gasteiger partial charge in [-0.1, -0.05) is 24.3 Å². The largest absolute Gasteiger partial charge is 0.361 e. The minimum atomic E-state index is -0.304. The van der Waals surface area contributed by atoms with Gasteiger partial charge in [-0.3, -0.25) is 9.69 Å². The number of amides is 3. The molecule has 4 rings (SSSR count). The number of urea groups is 1. The zero-order chi connectivity index (χ0) is 18.8. The number of rotatable bonds is 6. The zero-order valence-corrected chi connectivity index (χ0v) is 16.0. The maximum absolute atomic E-state index is 12.6. The van der Waals surface area contributed by atoms with Crippen molar-refractivity contribution in [2.24, 2.45) is 0 Å². The third kappa shape index (κ3) is 3.48. The highest BCUT2D eigenvalue weighted by atomic mass is 32.1. The highest BCUT2D eigenvalue weighted by Gasteiger charge is 2.32. The van der Waals surface area contributed by atoms with Crippen LogP contribution in [0.2, 0.25) is 0 Å². The van der Waals surface area contributed by atoms with Crippen molar-refractivity contribution in [2.45, 2.75) is 18.9 Å². The lowest BCUT2D eigenvalue weighted by atomic mass is 9.96. The molecule has 1 fully saturated rings. The summed E-state index contributed by atoms with van der Waals surface area (Å²) in [6.45, 7) is 3.59. The third-order valence-corrected chi connectivity index (χ3v) is 6.11. The number of benzene rings is 1. The summed E-state index contributed by atoms with van der Waals surface area (Å²) in [5, 5.41) is 8.02. The fourth-order valence-corrected chi connectivity index (χ4v) is 4.50. The molecular weight excluding hydrogens is 360 g/mol. The molecule has 6 nitrogen and oxygen atoms in total. The summed E-state index contributed by atoms with van der Waals surface area (Å²) in [6, 6.07) is 11.9. The summed E-state index contributed by atoms with van der Waals surface area (Å²) in [7, 11) is 0. The van der Waals surface area contributed by atoms with Crippen molar-refractivity contribution >= 4 is 34.2 Å². The predicted octanol–water partition coefficient (Wildman–Crippen LogP) is 1.86. The normalized spacial score (nSPS) is 16.5. The molecule has 3 aromatic rings. The topological polar surface area (TPSA) is 81.8 Å². The number of aromatic nitrogens is 1. The van der Waals surface area contributed by atoms with Crippen LogP contribution in [0.25, 0.3) is 10.9 Å². The molecule has 0 bridgehead atoms. The molecule has 3 heterocycles. The first-order valence-corrected chi connectivity index (χ1v) is 10.0. The fraction of sp³-hybridized carbons (Fsp3) is 0.300. The Morgan fingerprint density at radius 2 is 2.15 bits per heavy atom. The molecule has 0 unspecified atom stereocenters. The Balaban J connectivity index is 1.54. The zero-order valence-electron chi connectivity index (χ0n) is 15.1. The molecule has 2 atom stereocenters. The van der Waals surface area contributed by atoms with Crippen molar-refractivity contribution in [1.82, 2.24) is 15.2 Å². The van der Waals surface area contributed by atoms with E-state index in [4.69, 9.17) is 0 Å². The first kappa shape index (κ1) is 17.8. The number of fused-ring (bicyclic) bond motifs is 1. The van der Waals surface area contributed by atoms with Crippen LogP contribution in [0.1, 0.15) is 23.3 Å². The second-order valence-electron chi connectivity index (χ2n) is 6.84. The van der Waals surface area contributed by atoms with E-state index in [1.54, 1.807) is 11.3 Å². The van der Waals surface area contributed by atoms with Crippen molar-refractivity contribution in [2.75, 3.05) is 19.6 Å². The van der Waals surface area contributed by atoms with E-state index in [9.17, 15) is 9.59 Å². The molecule has 3 amide bonds. The number of carbonyl (C=O) groups is 2. The Bertz CT molecular complexity index is 950. The van der Waals surface area contributed by atoms with E-state index in [1.807, 2.05) is 24.4 Å². The van der Waals surface area contributed by atoms with Gasteiger partial charge in [-0.25, -0.2) is 4.79 Å². The molecule has 0 radical (unpaired) electrons. The number of nitrogens with two attached hydrogens (primary N) is 1. The number of thiophene rings is 1. The number of aromatic amines is 1. The third-order valence-electron chi connectivity index (χ3n) is 5.12. The lowest BCUT2D eigenvalue weighted by Gasteiger charge is -2.19. The van der Waals surface area contributed by atoms with Crippen LogP contribution >= 0.6 is 11.3 Å². The van der Waals surface area contributed by atoms with Crippen LogP contribution in [0.5, 0.6) is 0 Å². The van der Waals surface area contributed by atoms with Crippen LogP contribution in [0.4, 0.5) is 4.79 Å². The Kier molecular flexibility index (Phi) is 4.96. The number of imide groups is 1. The number of nitrogens with zero attached hydrogens (tertiary/aromatic N) is 1. The van der Waals surface area contributed by atoms with Gasteiger partial charge in [-0.05, 0) is 30.0 Å². The molecule has 0 saturated carbocycles. The molecule has 27 heavy (non-hydrogen) atoms. The number of nitrogens with one attached hydrogen (secondary N) is 2. The van der Waals surface area contributed by atoms with Gasteiger partial charge in [0.1, 0.15) is 0 Å². The van der Waals surface area contributed by atoms with Gasteiger partial charge in [-0.15, -0.1) is 11.3 Å². The summed E-state index contributed by atoms with van der Waals surface area (Å²) < 4.78 is 0. The number of carbonyl (C=O) groups excluding carboxylic acids is 2. The van der Waals surface area contributed by atoms with Gasteiger partial charge in [0, 0.05) is 35.1 Å². The molecule has 4 N–H and O–H groups in total. The predicted molar refractivity (Wildman–Crippen MR) is 106 cm³/mol. The second-order valence-corrected chi connectivity index (χ2v) is 7.82. The van der Waals surface area contributed by atoms with Crippen LogP contribution in [-0.2, 0) is 4.79 Å². The van der Waals surface area contributed by atoms with E-state index in [0.29, 0.717) is 13.1 Å². The number of hydrogen-bond acceptors (Lipinski definition) is 3. The quantitative estimate of drug-likeness (QED) is 0.607. The van der Waals surface area contributed by atoms with Gasteiger partial charge < -0.3 is 15.6 Å². The van der Waals surface area contributed by atoms with Gasteiger partial charge >= 0.3 is 6.03 Å². The standard InChI is InChI=1S/C20H22N4O2S/c1-13(19(25)24-9-8-21-20(24)26)22-12-16(18-7-4-10-27-18)15-11-23-17-6-3-2-5-14(15)17/h2-7,10-11,13,16,22-23H,8-9,12H2,1H3,(H,21,26)/p+1/t13-,16-/m1/s1. The van der Waals surface area contributed by atoms with E-state index in [1.165, 1.54) is 20.7 Å². The first-order chi connectivity index (χ1) is 13.1. The van der Waals surface area contributed by atoms with Crippen molar-refractivity contribution < 1.29 is 14.9 Å². The molecule has 2 aromatic heterocycles. The van der Waals surface area contributed by atoms with Gasteiger partial charge in [0.05, 0.1) is 12.5 Å². The van der Waals surface area contributed by atoms with Gasteiger partial charge in [0.2, 0.25) is 0 Å². The minimum absolute atomic E-state index is 0.131. The number of quaternary nitrogens is 1. The van der Waals surface area contributed by atoms with Gasteiger partial charge in [0.15, 0.2) is 6.04 Å². The highest BCUT2D eigenvalue weighted by molar-refractivity contribution is 7.10. The summed E-state index contributed by atoms with van der Waals surface area (Å²) in [6.07, 6.45) is 2.07. The SMILES string of the molecule is C[C@@H]([NH2+]C[C@@H](c1cccs1)c1c[nH]c2ccccc12)C(=O)N1CCNC1=O. The molecule has 140 valence electrons. The van der Waals surface area contributed by atoms with Crippen molar-refractivity contribution in [3.05, 3.63) is 58.4 Å². The van der Waals surface area contributed by atoms with Crippen molar-refractivity contribution in [3.63, 3.8) is 0 Å². The highest BCUT2D eigenvalue weighted by Crippen LogP contribution is 2.32. The van der Waals surface area contributed by atoms with Crippen LogP contribution < -0.4 is 10.6 Å². The van der Waals surface area contributed by atoms with Gasteiger partial charge in [0.25, 0.3) is 5.91 Å². The van der Waals surface area contributed by atoms with E-state index in [-0.39, 0.29) is 23.9 Å². The smallest absolute Gasteiger partial charge is 0.324 e. The van der Waals surface area contributed by atoms with E-state index in [0.717, 1.165) is 12.1 Å². The number of hydrogen-bond donors (Lipinski definition) is 3. The monoisotopic (exact) mass is 383 g/mol. The second kappa shape index (κ2) is 7.54. The maximum Gasteiger partial charge on any atom is 0.324 e. The summed E-state index contributed by atoms with van der Waals surface area (Å²) in [5.41, 5.74) is 2.36. The fourth-order valence-electron chi connectivity index (χ4n) is 3.64. The number of H-pyrrole nitrogens is 1. The van der Waals surface area contributed by atoms with Gasteiger partial charge in [-0.2, -0.15) is 0 Å². The first-order valence-electron chi connectivity index (χ1n) is 9.17. The Morgan fingerprint density at radius 3 is 2.89 bits per heavy atom. The Morgan fingerprint density at radius 1 is 1.30 bits per heavy atom. The van der Waals surface area contributed by atoms with Crippen LogP contribution in [-0.4, -0.2) is 47.5 Å². The van der Waals surface area contributed by atoms with Crippen LogP contribution in [0, 0.1) is 0 Å². The molecule has 1 aliphatic heterocycles. The molecule has 1 aliphatic rings. The lowest BCUT2D eigenvalue weighted by Crippen LogP contribution is -2.92. The molecule has 0 aliphatic carbocycles. The van der Waals surface area contributed by atoms with Crippen LogP contribution in [0.15, 0.2) is 48.0 Å². The lowest BCUT2D eigenvalue weighted by molar-refractivity contribution is -0.675. The Labute approximate surface area is 161 Å². The van der Waals surface area contributed by atoms with E-state index in [2.05, 4.69) is 46.1 Å². The molecule has 1 aromatic carbocycles. The molecular formula is C20H23N4O2S+. The molecule has 0 spiro atoms. The average molecular weight is 383 g/mol. The van der Waals surface area contributed by atoms with Crippen molar-refractivity contribution in [3.8, 4) is 0 Å². The van der Waals surface area contributed by atoms with E-state index < -0.39 is 0 Å². The maximum atomic E-state index is 12.6. The summed E-state index contributed by atoms with van der Waals surface area (Å²) in [5.74, 6) is 0.0534. The summed E-state index contributed by atoms with van der Waals surface area (Å²) >= 11 is 1.73. The molecule has 1 saturated heterocycles.